The topological polar surface area (TPSA) is 74.3 Å². The van der Waals surface area contributed by atoms with Crippen LogP contribution in [-0.2, 0) is 14.3 Å². The summed E-state index contributed by atoms with van der Waals surface area (Å²) < 4.78 is 21.5. The Morgan fingerprint density at radius 3 is 2.48 bits per heavy atom. The van der Waals surface area contributed by atoms with Crippen molar-refractivity contribution in [2.75, 3.05) is 33.1 Å². The molecule has 1 fully saturated rings. The van der Waals surface area contributed by atoms with E-state index in [1.807, 2.05) is 18.2 Å². The van der Waals surface area contributed by atoms with Crippen LogP contribution in [0.2, 0.25) is 0 Å². The molecule has 0 saturated carbocycles. The van der Waals surface area contributed by atoms with Crippen molar-refractivity contribution < 1.29 is 28.5 Å². The number of carbonyl (C=O) groups excluding carboxylic acids is 2. The lowest BCUT2D eigenvalue weighted by molar-refractivity contribution is -0.145. The lowest BCUT2D eigenvalue weighted by Gasteiger charge is -2.30. The van der Waals surface area contributed by atoms with Gasteiger partial charge in [-0.2, -0.15) is 0 Å². The number of fused-ring (bicyclic) bond motifs is 1. The van der Waals surface area contributed by atoms with Crippen LogP contribution < -0.4 is 9.47 Å². The smallest absolute Gasteiger partial charge is 0.339 e. The van der Waals surface area contributed by atoms with Gasteiger partial charge in [0, 0.05) is 18.7 Å². The predicted octanol–water partition coefficient (Wildman–Crippen LogP) is 2.17. The first-order valence-corrected chi connectivity index (χ1v) is 8.74. The second-order valence-electron chi connectivity index (χ2n) is 6.20. The van der Waals surface area contributed by atoms with Crippen molar-refractivity contribution in [3.8, 4) is 11.5 Å². The molecule has 2 aliphatic rings. The van der Waals surface area contributed by atoms with E-state index in [0.29, 0.717) is 48.9 Å². The second kappa shape index (κ2) is 7.67. The number of rotatable bonds is 4. The van der Waals surface area contributed by atoms with Gasteiger partial charge in [0.2, 0.25) is 12.9 Å². The number of ether oxygens (including phenoxy) is 4. The Hall–Kier alpha value is -3.06. The highest BCUT2D eigenvalue weighted by molar-refractivity contribution is 5.93. The largest absolute Gasteiger partial charge is 0.454 e. The third-order valence-corrected chi connectivity index (χ3v) is 4.48. The van der Waals surface area contributed by atoms with Crippen LogP contribution >= 0.6 is 0 Å². The summed E-state index contributed by atoms with van der Waals surface area (Å²) >= 11 is 0. The van der Waals surface area contributed by atoms with Gasteiger partial charge < -0.3 is 23.8 Å². The minimum atomic E-state index is -1.01. The van der Waals surface area contributed by atoms with Crippen LogP contribution in [0.5, 0.6) is 11.5 Å². The normalized spacial score (nSPS) is 16.7. The molecule has 2 aromatic rings. The molecule has 1 amide bonds. The number of hydrogen-bond donors (Lipinski definition) is 0. The highest BCUT2D eigenvalue weighted by Crippen LogP contribution is 2.33. The molecule has 0 aromatic heterocycles. The van der Waals surface area contributed by atoms with Crippen LogP contribution in [0.4, 0.5) is 0 Å². The fourth-order valence-electron chi connectivity index (χ4n) is 3.04. The SMILES string of the molecule is O=C(O[C@H](C(=O)N1CCOCC1)c1ccccc1)c1ccc2c(c1)OCO2. The maximum atomic E-state index is 13.0. The Bertz CT molecular complexity index is 832. The number of hydrogen-bond acceptors (Lipinski definition) is 6. The zero-order valence-electron chi connectivity index (χ0n) is 14.6. The van der Waals surface area contributed by atoms with Gasteiger partial charge in [-0.15, -0.1) is 0 Å². The van der Waals surface area contributed by atoms with E-state index in [9.17, 15) is 9.59 Å². The summed E-state index contributed by atoms with van der Waals surface area (Å²) in [6.07, 6.45) is -1.01. The Morgan fingerprint density at radius 2 is 1.70 bits per heavy atom. The minimum absolute atomic E-state index is 0.121. The first kappa shape index (κ1) is 17.4. The van der Waals surface area contributed by atoms with Gasteiger partial charge in [-0.25, -0.2) is 4.79 Å². The fraction of sp³-hybridized carbons (Fsp3) is 0.300. The Morgan fingerprint density at radius 1 is 0.963 bits per heavy atom. The summed E-state index contributed by atoms with van der Waals surface area (Å²) in [5.74, 6) is 0.220. The number of nitrogens with zero attached hydrogens (tertiary/aromatic N) is 1. The zero-order valence-corrected chi connectivity index (χ0v) is 14.6. The molecule has 0 aliphatic carbocycles. The average molecular weight is 369 g/mol. The zero-order chi connectivity index (χ0) is 18.6. The third kappa shape index (κ3) is 3.73. The third-order valence-electron chi connectivity index (χ3n) is 4.48. The molecule has 27 heavy (non-hydrogen) atoms. The molecule has 2 heterocycles. The van der Waals surface area contributed by atoms with Gasteiger partial charge in [-0.3, -0.25) is 4.79 Å². The molecule has 140 valence electrons. The second-order valence-corrected chi connectivity index (χ2v) is 6.20. The Balaban J connectivity index is 1.57. The molecule has 0 radical (unpaired) electrons. The summed E-state index contributed by atoms with van der Waals surface area (Å²) in [7, 11) is 0. The molecule has 0 bridgehead atoms. The number of amides is 1. The maximum Gasteiger partial charge on any atom is 0.339 e. The van der Waals surface area contributed by atoms with Gasteiger partial charge in [-0.1, -0.05) is 30.3 Å². The van der Waals surface area contributed by atoms with Crippen LogP contribution in [0.3, 0.4) is 0 Å². The number of esters is 1. The van der Waals surface area contributed by atoms with E-state index in [-0.39, 0.29) is 12.7 Å². The van der Waals surface area contributed by atoms with E-state index >= 15 is 0 Å². The molecular weight excluding hydrogens is 350 g/mol. The van der Waals surface area contributed by atoms with Gasteiger partial charge in [0.1, 0.15) is 0 Å². The van der Waals surface area contributed by atoms with E-state index in [0.717, 1.165) is 0 Å². The van der Waals surface area contributed by atoms with Crippen molar-refractivity contribution in [2.24, 2.45) is 0 Å². The van der Waals surface area contributed by atoms with Crippen molar-refractivity contribution in [3.05, 3.63) is 59.7 Å². The van der Waals surface area contributed by atoms with Crippen LogP contribution in [-0.4, -0.2) is 49.9 Å². The minimum Gasteiger partial charge on any atom is -0.454 e. The summed E-state index contributed by atoms with van der Waals surface area (Å²) in [6, 6.07) is 13.8. The summed E-state index contributed by atoms with van der Waals surface area (Å²) in [5, 5.41) is 0. The summed E-state index contributed by atoms with van der Waals surface area (Å²) in [6.45, 7) is 2.02. The van der Waals surface area contributed by atoms with E-state index in [4.69, 9.17) is 18.9 Å². The summed E-state index contributed by atoms with van der Waals surface area (Å²) in [5.41, 5.74) is 0.929. The van der Waals surface area contributed by atoms with Gasteiger partial charge in [-0.05, 0) is 18.2 Å². The molecule has 7 nitrogen and oxygen atoms in total. The monoisotopic (exact) mass is 369 g/mol. The first-order valence-electron chi connectivity index (χ1n) is 8.74. The van der Waals surface area contributed by atoms with E-state index in [2.05, 4.69) is 0 Å². The van der Waals surface area contributed by atoms with Gasteiger partial charge in [0.25, 0.3) is 5.91 Å². The van der Waals surface area contributed by atoms with Crippen molar-refractivity contribution >= 4 is 11.9 Å². The van der Waals surface area contributed by atoms with Crippen LogP contribution in [0.25, 0.3) is 0 Å². The fourth-order valence-corrected chi connectivity index (χ4v) is 3.04. The quantitative estimate of drug-likeness (QED) is 0.769. The molecule has 1 saturated heterocycles. The van der Waals surface area contributed by atoms with Crippen LogP contribution in [0.15, 0.2) is 48.5 Å². The van der Waals surface area contributed by atoms with Gasteiger partial charge >= 0.3 is 5.97 Å². The number of carbonyl (C=O) groups is 2. The van der Waals surface area contributed by atoms with Crippen molar-refractivity contribution in [2.45, 2.75) is 6.10 Å². The number of benzene rings is 2. The lowest BCUT2D eigenvalue weighted by Crippen LogP contribution is -2.44. The predicted molar refractivity (Wildman–Crippen MR) is 94.6 cm³/mol. The molecule has 2 aliphatic heterocycles. The Labute approximate surface area is 156 Å². The van der Waals surface area contributed by atoms with Gasteiger partial charge in [0.15, 0.2) is 11.5 Å². The first-order chi connectivity index (χ1) is 13.2. The standard InChI is InChI=1S/C20H19NO6/c22-19(21-8-10-24-11-9-21)18(14-4-2-1-3-5-14)27-20(23)15-6-7-16-17(12-15)26-13-25-16/h1-7,12,18H,8-11,13H2/t18-/m0/s1. The summed E-state index contributed by atoms with van der Waals surface area (Å²) in [4.78, 5) is 27.4. The molecule has 0 N–H and O–H groups in total. The maximum absolute atomic E-state index is 13.0. The molecule has 7 heteroatoms. The number of morpholine rings is 1. The molecule has 2 aromatic carbocycles. The molecular formula is C20H19NO6. The molecule has 0 unspecified atom stereocenters. The van der Waals surface area contributed by atoms with Crippen LogP contribution in [0.1, 0.15) is 22.0 Å². The van der Waals surface area contributed by atoms with E-state index < -0.39 is 12.1 Å². The Kier molecular flexibility index (Phi) is 4.93. The van der Waals surface area contributed by atoms with Crippen molar-refractivity contribution in [3.63, 3.8) is 0 Å². The van der Waals surface area contributed by atoms with Crippen LogP contribution in [0, 0.1) is 0 Å². The average Bonchev–Trinajstić information content (AvgIpc) is 3.20. The van der Waals surface area contributed by atoms with Gasteiger partial charge in [0.05, 0.1) is 18.8 Å². The lowest BCUT2D eigenvalue weighted by atomic mass is 10.1. The van der Waals surface area contributed by atoms with Crippen molar-refractivity contribution in [1.29, 1.82) is 0 Å². The molecule has 4 rings (SSSR count). The highest BCUT2D eigenvalue weighted by atomic mass is 16.7. The highest BCUT2D eigenvalue weighted by Gasteiger charge is 2.31. The molecule has 0 spiro atoms. The van der Waals surface area contributed by atoms with E-state index in [1.165, 1.54) is 0 Å². The molecule has 1 atom stereocenters. The van der Waals surface area contributed by atoms with Crippen molar-refractivity contribution in [1.82, 2.24) is 4.90 Å². The van der Waals surface area contributed by atoms with E-state index in [1.54, 1.807) is 35.2 Å².